The highest BCUT2D eigenvalue weighted by Crippen LogP contribution is 2.36. The van der Waals surface area contributed by atoms with Gasteiger partial charge in [-0.3, -0.25) is 4.40 Å². The number of benzene rings is 1. The summed E-state index contributed by atoms with van der Waals surface area (Å²) in [5.74, 6) is 1.10. The Morgan fingerprint density at radius 3 is 2.96 bits per heavy atom. The molecule has 3 aromatic rings. The second-order valence-electron chi connectivity index (χ2n) is 6.38. The van der Waals surface area contributed by atoms with Crippen LogP contribution in [-0.2, 0) is 17.6 Å². The molecule has 0 unspecified atom stereocenters. The molecular weight excluding hydrogens is 312 g/mol. The Balaban J connectivity index is 1.86. The maximum atomic E-state index is 9.75. The normalized spacial score (nSPS) is 13.3. The predicted molar refractivity (Wildman–Crippen MR) is 99.0 cm³/mol. The van der Waals surface area contributed by atoms with Gasteiger partial charge in [-0.2, -0.15) is 5.26 Å². The third kappa shape index (κ3) is 2.63. The summed E-state index contributed by atoms with van der Waals surface area (Å²) in [5.41, 5.74) is 5.96. The molecule has 0 aliphatic heterocycles. The summed E-state index contributed by atoms with van der Waals surface area (Å²) in [6, 6.07) is 10.5. The van der Waals surface area contributed by atoms with Crippen molar-refractivity contribution < 1.29 is 4.74 Å². The van der Waals surface area contributed by atoms with E-state index in [4.69, 9.17) is 9.72 Å². The molecule has 0 saturated heterocycles. The van der Waals surface area contributed by atoms with Gasteiger partial charge in [0.05, 0.1) is 16.6 Å². The van der Waals surface area contributed by atoms with Crippen molar-refractivity contribution in [3.05, 3.63) is 41.0 Å². The molecule has 0 spiro atoms. The molecule has 0 radical (unpaired) electrons. The maximum Gasteiger partial charge on any atom is 0.157 e. The van der Waals surface area contributed by atoms with Crippen molar-refractivity contribution in [3.63, 3.8) is 0 Å². The lowest BCUT2D eigenvalue weighted by atomic mass is 10.1. The Morgan fingerprint density at radius 2 is 2.12 bits per heavy atom. The van der Waals surface area contributed by atoms with Crippen molar-refractivity contribution >= 4 is 22.5 Å². The van der Waals surface area contributed by atoms with Crippen LogP contribution in [0.25, 0.3) is 16.7 Å². The number of imidazole rings is 1. The summed E-state index contributed by atoms with van der Waals surface area (Å²) < 4.78 is 7.58. The second kappa shape index (κ2) is 6.73. The van der Waals surface area contributed by atoms with E-state index in [-0.39, 0.29) is 0 Å². The van der Waals surface area contributed by atoms with E-state index in [0.29, 0.717) is 0 Å². The number of rotatable bonds is 6. The number of nitrogens with one attached hydrogen (secondary N) is 1. The van der Waals surface area contributed by atoms with Gasteiger partial charge in [-0.05, 0) is 55.9 Å². The van der Waals surface area contributed by atoms with Gasteiger partial charge >= 0.3 is 0 Å². The molecule has 0 fully saturated rings. The van der Waals surface area contributed by atoms with E-state index >= 15 is 0 Å². The Hall–Kier alpha value is -2.58. The zero-order valence-corrected chi connectivity index (χ0v) is 14.5. The highest BCUT2D eigenvalue weighted by molar-refractivity contribution is 5.86. The molecule has 0 atom stereocenters. The Bertz CT molecular complexity index is 967. The maximum absolute atomic E-state index is 9.75. The van der Waals surface area contributed by atoms with Gasteiger partial charge in [-0.1, -0.05) is 12.1 Å². The number of nitriles is 1. The van der Waals surface area contributed by atoms with Crippen molar-refractivity contribution in [1.29, 1.82) is 5.26 Å². The first kappa shape index (κ1) is 15.9. The van der Waals surface area contributed by atoms with Crippen molar-refractivity contribution in [3.8, 4) is 6.07 Å². The minimum Gasteiger partial charge on any atom is -0.382 e. The molecule has 0 saturated carbocycles. The van der Waals surface area contributed by atoms with Crippen LogP contribution < -0.4 is 5.32 Å². The van der Waals surface area contributed by atoms with Crippen LogP contribution in [0.15, 0.2) is 24.3 Å². The van der Waals surface area contributed by atoms with Crippen LogP contribution in [0.1, 0.15) is 36.5 Å². The van der Waals surface area contributed by atoms with Crippen molar-refractivity contribution in [2.45, 2.75) is 32.6 Å². The summed E-state index contributed by atoms with van der Waals surface area (Å²) >= 11 is 0. The molecule has 128 valence electrons. The average molecular weight is 334 g/mol. The minimum absolute atomic E-state index is 0.739. The fourth-order valence-electron chi connectivity index (χ4n) is 3.80. The monoisotopic (exact) mass is 334 g/mol. The largest absolute Gasteiger partial charge is 0.382 e. The van der Waals surface area contributed by atoms with Gasteiger partial charge < -0.3 is 10.1 Å². The van der Waals surface area contributed by atoms with Crippen LogP contribution in [0.5, 0.6) is 0 Å². The van der Waals surface area contributed by atoms with Gasteiger partial charge in [0.1, 0.15) is 11.9 Å². The smallest absolute Gasteiger partial charge is 0.157 e. The highest BCUT2D eigenvalue weighted by atomic mass is 16.5. The molecule has 2 aromatic heterocycles. The van der Waals surface area contributed by atoms with Gasteiger partial charge in [0.25, 0.3) is 0 Å². The van der Waals surface area contributed by atoms with E-state index in [1.54, 1.807) is 0 Å². The van der Waals surface area contributed by atoms with Gasteiger partial charge in [0.15, 0.2) is 5.65 Å². The van der Waals surface area contributed by atoms with Gasteiger partial charge in [0.2, 0.25) is 0 Å². The van der Waals surface area contributed by atoms with E-state index in [1.807, 2.05) is 25.1 Å². The molecule has 1 aliphatic carbocycles. The number of fused-ring (bicyclic) bond motifs is 4. The topological polar surface area (TPSA) is 62.3 Å². The van der Waals surface area contributed by atoms with Crippen LogP contribution in [0.3, 0.4) is 0 Å². The summed E-state index contributed by atoms with van der Waals surface area (Å²) in [6.07, 6.45) is 4.03. The number of aromatic nitrogens is 2. The fourth-order valence-corrected chi connectivity index (χ4v) is 3.80. The second-order valence-corrected chi connectivity index (χ2v) is 6.38. The van der Waals surface area contributed by atoms with E-state index < -0.39 is 0 Å². The molecule has 5 nitrogen and oxygen atoms in total. The summed E-state index contributed by atoms with van der Waals surface area (Å²) in [5, 5.41) is 13.4. The van der Waals surface area contributed by atoms with Crippen molar-refractivity contribution in [2.24, 2.45) is 0 Å². The van der Waals surface area contributed by atoms with Crippen LogP contribution in [0.4, 0.5) is 5.82 Å². The zero-order chi connectivity index (χ0) is 17.2. The molecule has 0 amide bonds. The van der Waals surface area contributed by atoms with Crippen LogP contribution in [0.2, 0.25) is 0 Å². The predicted octanol–water partition coefficient (Wildman–Crippen LogP) is 3.69. The average Bonchev–Trinajstić information content (AvgIpc) is 3.25. The minimum atomic E-state index is 0.739. The fraction of sp³-hybridized carbons (Fsp3) is 0.400. The van der Waals surface area contributed by atoms with Crippen molar-refractivity contribution in [2.75, 3.05) is 25.1 Å². The van der Waals surface area contributed by atoms with E-state index in [1.165, 1.54) is 11.1 Å². The molecule has 1 aliphatic rings. The van der Waals surface area contributed by atoms with Crippen LogP contribution in [-0.4, -0.2) is 29.1 Å². The van der Waals surface area contributed by atoms with Crippen LogP contribution >= 0.6 is 0 Å². The third-order valence-corrected chi connectivity index (χ3v) is 4.89. The van der Waals surface area contributed by atoms with E-state index in [9.17, 15) is 5.26 Å². The van der Waals surface area contributed by atoms with Gasteiger partial charge in [-0.25, -0.2) is 4.98 Å². The molecule has 1 aromatic carbocycles. The van der Waals surface area contributed by atoms with Gasteiger partial charge in [-0.15, -0.1) is 0 Å². The lowest BCUT2D eigenvalue weighted by molar-refractivity contribution is 0.147. The molecule has 25 heavy (non-hydrogen) atoms. The van der Waals surface area contributed by atoms with Gasteiger partial charge in [0, 0.05) is 19.8 Å². The number of nitrogens with zero attached hydrogens (tertiary/aromatic N) is 3. The first-order valence-corrected chi connectivity index (χ1v) is 9.01. The number of anilines is 1. The number of para-hydroxylation sites is 2. The first-order valence-electron chi connectivity index (χ1n) is 9.01. The summed E-state index contributed by atoms with van der Waals surface area (Å²) in [6.45, 7) is 4.38. The molecule has 4 rings (SSSR count). The standard InChI is InChI=1S/C20H22N4O/c1-2-25-12-6-11-22-19-15-8-5-7-14(15)16(13-21)20-23-17-9-3-4-10-18(17)24(19)20/h3-4,9-10,22H,2,5-8,11-12H2,1H3. The Kier molecular flexibility index (Phi) is 4.29. The van der Waals surface area contributed by atoms with Crippen LogP contribution in [0, 0.1) is 11.3 Å². The van der Waals surface area contributed by atoms with Crippen molar-refractivity contribution in [1.82, 2.24) is 9.38 Å². The number of hydrogen-bond donors (Lipinski definition) is 1. The number of ether oxygens (including phenoxy) is 1. The number of pyridine rings is 1. The summed E-state index contributed by atoms with van der Waals surface area (Å²) in [7, 11) is 0. The quantitative estimate of drug-likeness (QED) is 0.698. The van der Waals surface area contributed by atoms with E-state index in [0.717, 1.165) is 73.5 Å². The molecule has 2 heterocycles. The van der Waals surface area contributed by atoms with E-state index in [2.05, 4.69) is 21.9 Å². The SMILES string of the molecule is CCOCCCNc1c2c(c(C#N)c3nc4ccccc4n13)CCC2. The lowest BCUT2D eigenvalue weighted by Gasteiger charge is -2.16. The first-order chi connectivity index (χ1) is 12.3. The molecule has 5 heteroatoms. The Labute approximate surface area is 147 Å². The molecule has 1 N–H and O–H groups in total. The Morgan fingerprint density at radius 1 is 1.28 bits per heavy atom. The lowest BCUT2D eigenvalue weighted by Crippen LogP contribution is -2.12. The third-order valence-electron chi connectivity index (χ3n) is 4.89. The summed E-state index contributed by atoms with van der Waals surface area (Å²) in [4.78, 5) is 4.76. The number of hydrogen-bond acceptors (Lipinski definition) is 4. The zero-order valence-electron chi connectivity index (χ0n) is 14.5. The highest BCUT2D eigenvalue weighted by Gasteiger charge is 2.25. The molecule has 0 bridgehead atoms. The molecular formula is C20H22N4O.